The van der Waals surface area contributed by atoms with E-state index in [0.717, 1.165) is 33.0 Å². The SMILES string of the molecule is Cc1ccc2c(c1)c1nc3ccccc3nc1n2CC(=O)OC(C)C. The average Bonchev–Trinajstić information content (AvgIpc) is 2.85. The summed E-state index contributed by atoms with van der Waals surface area (Å²) in [6.07, 6.45) is -0.144. The number of carbonyl (C=O) groups excluding carboxylic acids is 1. The van der Waals surface area contributed by atoms with Gasteiger partial charge in [-0.05, 0) is 45.0 Å². The lowest BCUT2D eigenvalue weighted by atomic mass is 10.1. The Morgan fingerprint density at radius 1 is 1.12 bits per heavy atom. The van der Waals surface area contributed by atoms with E-state index in [0.29, 0.717) is 5.65 Å². The van der Waals surface area contributed by atoms with Gasteiger partial charge in [0.05, 0.1) is 22.7 Å². The molecule has 0 atom stereocenters. The smallest absolute Gasteiger partial charge is 0.326 e. The maximum Gasteiger partial charge on any atom is 0.326 e. The van der Waals surface area contributed by atoms with Crippen molar-refractivity contribution >= 4 is 39.1 Å². The molecule has 2 heterocycles. The number of rotatable bonds is 3. The van der Waals surface area contributed by atoms with Crippen molar-refractivity contribution in [1.29, 1.82) is 0 Å². The van der Waals surface area contributed by atoms with Gasteiger partial charge in [0.25, 0.3) is 0 Å². The molecular formula is C20H19N3O2. The highest BCUT2D eigenvalue weighted by Crippen LogP contribution is 2.29. The Morgan fingerprint density at radius 3 is 2.56 bits per heavy atom. The van der Waals surface area contributed by atoms with Crippen LogP contribution in [0.15, 0.2) is 42.5 Å². The third kappa shape index (κ3) is 2.71. The minimum absolute atomic E-state index is 0.119. The summed E-state index contributed by atoms with van der Waals surface area (Å²) in [5.74, 6) is -0.274. The van der Waals surface area contributed by atoms with Crippen molar-refractivity contribution in [3.05, 3.63) is 48.0 Å². The van der Waals surface area contributed by atoms with Crippen LogP contribution in [-0.2, 0) is 16.1 Å². The summed E-state index contributed by atoms with van der Waals surface area (Å²) in [6.45, 7) is 5.86. The Labute approximate surface area is 145 Å². The third-order valence-corrected chi connectivity index (χ3v) is 4.16. The molecule has 0 aliphatic carbocycles. The summed E-state index contributed by atoms with van der Waals surface area (Å²) in [5.41, 5.74) is 5.27. The quantitative estimate of drug-likeness (QED) is 0.532. The molecule has 0 unspecified atom stereocenters. The molecule has 126 valence electrons. The van der Waals surface area contributed by atoms with Crippen LogP contribution < -0.4 is 0 Å². The molecule has 4 aromatic rings. The van der Waals surface area contributed by atoms with Crippen LogP contribution in [0.25, 0.3) is 33.1 Å². The first-order chi connectivity index (χ1) is 12.0. The predicted molar refractivity (Wildman–Crippen MR) is 98.5 cm³/mol. The maximum atomic E-state index is 12.2. The molecule has 25 heavy (non-hydrogen) atoms. The van der Waals surface area contributed by atoms with Gasteiger partial charge in [-0.3, -0.25) is 4.79 Å². The van der Waals surface area contributed by atoms with Crippen molar-refractivity contribution in [2.24, 2.45) is 0 Å². The number of nitrogens with zero attached hydrogens (tertiary/aromatic N) is 3. The molecule has 0 saturated carbocycles. The zero-order valence-corrected chi connectivity index (χ0v) is 14.5. The van der Waals surface area contributed by atoms with Crippen molar-refractivity contribution in [2.75, 3.05) is 0 Å². The largest absolute Gasteiger partial charge is 0.462 e. The molecule has 0 spiro atoms. The number of esters is 1. The van der Waals surface area contributed by atoms with E-state index in [-0.39, 0.29) is 18.6 Å². The Hall–Kier alpha value is -2.95. The standard InChI is InChI=1S/C20H19N3O2/c1-12(2)25-18(24)11-23-17-9-8-13(3)10-14(17)19-20(23)22-16-7-5-4-6-15(16)21-19/h4-10,12H,11H2,1-3H3. The fraction of sp³-hybridized carbons (Fsp3) is 0.250. The maximum absolute atomic E-state index is 12.2. The second-order valence-corrected chi connectivity index (χ2v) is 6.53. The number of aryl methyl sites for hydroxylation is 1. The molecule has 2 aromatic carbocycles. The van der Waals surface area contributed by atoms with Crippen molar-refractivity contribution in [3.8, 4) is 0 Å². The fourth-order valence-electron chi connectivity index (χ4n) is 3.14. The van der Waals surface area contributed by atoms with E-state index in [9.17, 15) is 4.79 Å². The van der Waals surface area contributed by atoms with Gasteiger partial charge in [-0.25, -0.2) is 9.97 Å². The van der Waals surface area contributed by atoms with Crippen molar-refractivity contribution in [3.63, 3.8) is 0 Å². The molecule has 5 heteroatoms. The van der Waals surface area contributed by atoms with Crippen LogP contribution in [0.2, 0.25) is 0 Å². The highest BCUT2D eigenvalue weighted by molar-refractivity contribution is 6.07. The Balaban J connectivity index is 2.00. The van der Waals surface area contributed by atoms with Crippen LogP contribution in [0.3, 0.4) is 0 Å². The van der Waals surface area contributed by atoms with Crippen LogP contribution in [0.5, 0.6) is 0 Å². The van der Waals surface area contributed by atoms with E-state index in [2.05, 4.69) is 6.07 Å². The van der Waals surface area contributed by atoms with Crippen molar-refractivity contribution in [1.82, 2.24) is 14.5 Å². The monoisotopic (exact) mass is 333 g/mol. The number of benzene rings is 2. The topological polar surface area (TPSA) is 57.0 Å². The summed E-state index contributed by atoms with van der Waals surface area (Å²) in [7, 11) is 0. The minimum Gasteiger partial charge on any atom is -0.462 e. The third-order valence-electron chi connectivity index (χ3n) is 4.16. The van der Waals surface area contributed by atoms with E-state index in [4.69, 9.17) is 14.7 Å². The lowest BCUT2D eigenvalue weighted by Gasteiger charge is -2.10. The van der Waals surface area contributed by atoms with Crippen molar-refractivity contribution < 1.29 is 9.53 Å². The Morgan fingerprint density at radius 2 is 1.84 bits per heavy atom. The molecule has 4 rings (SSSR count). The van der Waals surface area contributed by atoms with Crippen LogP contribution in [0.4, 0.5) is 0 Å². The van der Waals surface area contributed by atoms with Gasteiger partial charge in [-0.2, -0.15) is 0 Å². The molecule has 0 fully saturated rings. The second kappa shape index (κ2) is 5.84. The molecule has 0 saturated heterocycles. The molecule has 2 aromatic heterocycles. The van der Waals surface area contributed by atoms with Gasteiger partial charge in [0.1, 0.15) is 12.1 Å². The molecular weight excluding hydrogens is 314 g/mol. The molecule has 0 amide bonds. The first-order valence-corrected chi connectivity index (χ1v) is 8.38. The second-order valence-electron chi connectivity index (χ2n) is 6.53. The highest BCUT2D eigenvalue weighted by atomic mass is 16.5. The van der Waals surface area contributed by atoms with Gasteiger partial charge in [0, 0.05) is 5.39 Å². The van der Waals surface area contributed by atoms with Crippen LogP contribution in [-0.4, -0.2) is 26.6 Å². The van der Waals surface area contributed by atoms with Gasteiger partial charge < -0.3 is 9.30 Å². The highest BCUT2D eigenvalue weighted by Gasteiger charge is 2.17. The Kier molecular flexibility index (Phi) is 3.64. The summed E-state index contributed by atoms with van der Waals surface area (Å²) in [6, 6.07) is 13.9. The lowest BCUT2D eigenvalue weighted by molar-refractivity contribution is -0.147. The van der Waals surface area contributed by atoms with E-state index in [1.54, 1.807) is 0 Å². The van der Waals surface area contributed by atoms with Gasteiger partial charge in [-0.15, -0.1) is 0 Å². The molecule has 0 radical (unpaired) electrons. The van der Waals surface area contributed by atoms with Gasteiger partial charge in [-0.1, -0.05) is 23.8 Å². The first-order valence-electron chi connectivity index (χ1n) is 8.38. The van der Waals surface area contributed by atoms with Gasteiger partial charge in [0.15, 0.2) is 5.65 Å². The molecule has 0 bridgehead atoms. The average molecular weight is 333 g/mol. The van der Waals surface area contributed by atoms with Crippen molar-refractivity contribution in [2.45, 2.75) is 33.4 Å². The molecule has 0 aliphatic heterocycles. The normalized spacial score (nSPS) is 11.7. The first kappa shape index (κ1) is 15.6. The summed E-state index contributed by atoms with van der Waals surface area (Å²) in [5, 5.41) is 1.01. The number of hydrogen-bond donors (Lipinski definition) is 0. The minimum atomic E-state index is -0.274. The number of ether oxygens (including phenoxy) is 1. The van der Waals surface area contributed by atoms with E-state index >= 15 is 0 Å². The summed E-state index contributed by atoms with van der Waals surface area (Å²) < 4.78 is 7.22. The predicted octanol–water partition coefficient (Wildman–Crippen LogP) is 4.00. The van der Waals surface area contributed by atoms with Crippen LogP contribution >= 0.6 is 0 Å². The van der Waals surface area contributed by atoms with E-state index in [1.807, 2.05) is 61.7 Å². The molecule has 0 N–H and O–H groups in total. The molecule has 5 nitrogen and oxygen atoms in total. The molecule has 0 aliphatic rings. The number of hydrogen-bond acceptors (Lipinski definition) is 4. The number of para-hydroxylation sites is 2. The number of carbonyl (C=O) groups is 1. The number of fused-ring (bicyclic) bond motifs is 4. The van der Waals surface area contributed by atoms with Crippen LogP contribution in [0, 0.1) is 6.92 Å². The zero-order valence-electron chi connectivity index (χ0n) is 14.5. The summed E-state index contributed by atoms with van der Waals surface area (Å²) >= 11 is 0. The summed E-state index contributed by atoms with van der Waals surface area (Å²) in [4.78, 5) is 21.8. The van der Waals surface area contributed by atoms with Crippen LogP contribution in [0.1, 0.15) is 19.4 Å². The fourth-order valence-corrected chi connectivity index (χ4v) is 3.14. The van der Waals surface area contributed by atoms with Gasteiger partial charge >= 0.3 is 5.97 Å². The zero-order chi connectivity index (χ0) is 17.6. The van der Waals surface area contributed by atoms with E-state index in [1.165, 1.54) is 0 Å². The number of aromatic nitrogens is 3. The van der Waals surface area contributed by atoms with Gasteiger partial charge in [0.2, 0.25) is 0 Å². The lowest BCUT2D eigenvalue weighted by Crippen LogP contribution is -2.17. The van der Waals surface area contributed by atoms with E-state index < -0.39 is 0 Å². The Bertz CT molecular complexity index is 1110.